The number of aldehydes is 1. The molecule has 1 unspecified atom stereocenters. The van der Waals surface area contributed by atoms with Gasteiger partial charge in [0.2, 0.25) is 5.91 Å². The SMILES string of the molecule is CCCCNC(=O)C(C)Sc1cccc(C=O)c1. The summed E-state index contributed by atoms with van der Waals surface area (Å²) in [7, 11) is 0. The number of unbranched alkanes of at least 4 members (excludes halogenated alkanes) is 1. The molecule has 1 N–H and O–H groups in total. The predicted octanol–water partition coefficient (Wildman–Crippen LogP) is 2.90. The summed E-state index contributed by atoms with van der Waals surface area (Å²) in [4.78, 5) is 23.4. The monoisotopic (exact) mass is 265 g/mol. The number of hydrogen-bond acceptors (Lipinski definition) is 3. The second kappa shape index (κ2) is 7.93. The van der Waals surface area contributed by atoms with E-state index in [1.54, 1.807) is 12.1 Å². The van der Waals surface area contributed by atoms with E-state index in [2.05, 4.69) is 12.2 Å². The van der Waals surface area contributed by atoms with Crippen LogP contribution in [0.4, 0.5) is 0 Å². The molecule has 0 spiro atoms. The highest BCUT2D eigenvalue weighted by Crippen LogP contribution is 2.23. The largest absolute Gasteiger partial charge is 0.355 e. The van der Waals surface area contributed by atoms with Crippen molar-refractivity contribution in [1.82, 2.24) is 5.32 Å². The molecule has 0 aromatic heterocycles. The maximum Gasteiger partial charge on any atom is 0.233 e. The molecule has 1 aromatic rings. The van der Waals surface area contributed by atoms with Gasteiger partial charge in [0.05, 0.1) is 5.25 Å². The second-order valence-electron chi connectivity index (χ2n) is 4.10. The summed E-state index contributed by atoms with van der Waals surface area (Å²) in [6, 6.07) is 7.29. The van der Waals surface area contributed by atoms with Crippen LogP contribution in [0.25, 0.3) is 0 Å². The Hall–Kier alpha value is -1.29. The lowest BCUT2D eigenvalue weighted by Gasteiger charge is -2.11. The maximum atomic E-state index is 11.8. The molecule has 4 heteroatoms. The van der Waals surface area contributed by atoms with Crippen LogP contribution in [-0.2, 0) is 4.79 Å². The molecule has 0 aliphatic rings. The molecule has 1 atom stereocenters. The Morgan fingerprint density at radius 2 is 2.28 bits per heavy atom. The standard InChI is InChI=1S/C14H19NO2S/c1-3-4-8-15-14(17)11(2)18-13-7-5-6-12(9-13)10-16/h5-7,9-11H,3-4,8H2,1-2H3,(H,15,17). The molecule has 1 rings (SSSR count). The second-order valence-corrected chi connectivity index (χ2v) is 5.51. The first-order chi connectivity index (χ1) is 8.67. The smallest absolute Gasteiger partial charge is 0.233 e. The van der Waals surface area contributed by atoms with Crippen LogP contribution < -0.4 is 5.32 Å². The van der Waals surface area contributed by atoms with Gasteiger partial charge in [-0.3, -0.25) is 9.59 Å². The van der Waals surface area contributed by atoms with Gasteiger partial charge in [-0.1, -0.05) is 25.5 Å². The van der Waals surface area contributed by atoms with E-state index in [0.29, 0.717) is 5.56 Å². The zero-order chi connectivity index (χ0) is 13.4. The van der Waals surface area contributed by atoms with E-state index in [1.165, 1.54) is 11.8 Å². The molecule has 0 aliphatic heterocycles. The Morgan fingerprint density at radius 1 is 1.50 bits per heavy atom. The quantitative estimate of drug-likeness (QED) is 0.468. The van der Waals surface area contributed by atoms with E-state index in [4.69, 9.17) is 0 Å². The Kier molecular flexibility index (Phi) is 6.50. The van der Waals surface area contributed by atoms with Gasteiger partial charge in [0.25, 0.3) is 0 Å². The highest BCUT2D eigenvalue weighted by molar-refractivity contribution is 8.00. The number of nitrogens with one attached hydrogen (secondary N) is 1. The Morgan fingerprint density at radius 3 is 2.94 bits per heavy atom. The van der Waals surface area contributed by atoms with Crippen molar-refractivity contribution in [2.45, 2.75) is 36.8 Å². The third kappa shape index (κ3) is 4.92. The number of amides is 1. The first-order valence-electron chi connectivity index (χ1n) is 6.17. The zero-order valence-corrected chi connectivity index (χ0v) is 11.6. The highest BCUT2D eigenvalue weighted by atomic mass is 32.2. The first kappa shape index (κ1) is 14.8. The molecule has 0 aliphatic carbocycles. The summed E-state index contributed by atoms with van der Waals surface area (Å²) >= 11 is 1.47. The number of carbonyl (C=O) groups is 2. The van der Waals surface area contributed by atoms with Gasteiger partial charge < -0.3 is 5.32 Å². The van der Waals surface area contributed by atoms with Gasteiger partial charge >= 0.3 is 0 Å². The van der Waals surface area contributed by atoms with Gasteiger partial charge in [-0.05, 0) is 25.5 Å². The van der Waals surface area contributed by atoms with E-state index in [-0.39, 0.29) is 11.2 Å². The van der Waals surface area contributed by atoms with Gasteiger partial charge in [-0.25, -0.2) is 0 Å². The summed E-state index contributed by atoms with van der Waals surface area (Å²) in [5.74, 6) is 0.0463. The maximum absolute atomic E-state index is 11.8. The van der Waals surface area contributed by atoms with Crippen molar-refractivity contribution in [2.75, 3.05) is 6.54 Å². The van der Waals surface area contributed by atoms with E-state index in [1.807, 2.05) is 19.1 Å². The van der Waals surface area contributed by atoms with E-state index in [0.717, 1.165) is 30.6 Å². The third-order valence-electron chi connectivity index (χ3n) is 2.51. The molecule has 0 radical (unpaired) electrons. The minimum Gasteiger partial charge on any atom is -0.355 e. The van der Waals surface area contributed by atoms with Crippen molar-refractivity contribution in [2.24, 2.45) is 0 Å². The lowest BCUT2D eigenvalue weighted by atomic mass is 10.2. The van der Waals surface area contributed by atoms with Crippen molar-refractivity contribution in [3.8, 4) is 0 Å². The van der Waals surface area contributed by atoms with Crippen LogP contribution in [0.3, 0.4) is 0 Å². The number of benzene rings is 1. The van der Waals surface area contributed by atoms with Crippen LogP contribution in [0.2, 0.25) is 0 Å². The van der Waals surface area contributed by atoms with Crippen molar-refractivity contribution >= 4 is 24.0 Å². The predicted molar refractivity (Wildman–Crippen MR) is 75.1 cm³/mol. The number of thioether (sulfide) groups is 1. The topological polar surface area (TPSA) is 46.2 Å². The molecule has 1 amide bonds. The summed E-state index contributed by atoms with van der Waals surface area (Å²) in [6.45, 7) is 4.70. The molecular weight excluding hydrogens is 246 g/mol. The van der Waals surface area contributed by atoms with Crippen LogP contribution in [0.5, 0.6) is 0 Å². The molecule has 1 aromatic carbocycles. The molecule has 0 bridgehead atoms. The minimum absolute atomic E-state index is 0.0463. The number of rotatable bonds is 7. The Balaban J connectivity index is 2.49. The van der Waals surface area contributed by atoms with Crippen molar-refractivity contribution < 1.29 is 9.59 Å². The van der Waals surface area contributed by atoms with E-state index >= 15 is 0 Å². The van der Waals surface area contributed by atoms with Crippen LogP contribution in [0, 0.1) is 0 Å². The normalized spacial score (nSPS) is 11.9. The highest BCUT2D eigenvalue weighted by Gasteiger charge is 2.13. The van der Waals surface area contributed by atoms with Gasteiger partial charge in [-0.15, -0.1) is 11.8 Å². The van der Waals surface area contributed by atoms with Crippen LogP contribution >= 0.6 is 11.8 Å². The van der Waals surface area contributed by atoms with Gasteiger partial charge in [0.15, 0.2) is 0 Å². The lowest BCUT2D eigenvalue weighted by molar-refractivity contribution is -0.120. The Bertz CT molecular complexity index is 407. The lowest BCUT2D eigenvalue weighted by Crippen LogP contribution is -2.31. The molecule has 98 valence electrons. The molecule has 18 heavy (non-hydrogen) atoms. The summed E-state index contributed by atoms with van der Waals surface area (Å²) < 4.78 is 0. The Labute approximate surface area is 112 Å². The number of hydrogen-bond donors (Lipinski definition) is 1. The van der Waals surface area contributed by atoms with E-state index in [9.17, 15) is 9.59 Å². The molecule has 3 nitrogen and oxygen atoms in total. The van der Waals surface area contributed by atoms with Crippen molar-refractivity contribution in [3.05, 3.63) is 29.8 Å². The fourth-order valence-corrected chi connectivity index (χ4v) is 2.41. The molecule has 0 fully saturated rings. The molecule has 0 saturated heterocycles. The minimum atomic E-state index is -0.149. The van der Waals surface area contributed by atoms with Crippen molar-refractivity contribution in [3.63, 3.8) is 0 Å². The fraction of sp³-hybridized carbons (Fsp3) is 0.429. The first-order valence-corrected chi connectivity index (χ1v) is 7.05. The molecule has 0 heterocycles. The summed E-state index contributed by atoms with van der Waals surface area (Å²) in [5.41, 5.74) is 0.638. The van der Waals surface area contributed by atoms with Crippen LogP contribution in [-0.4, -0.2) is 24.0 Å². The molecule has 0 saturated carbocycles. The molecular formula is C14H19NO2S. The van der Waals surface area contributed by atoms with Gasteiger partial charge in [0.1, 0.15) is 6.29 Å². The van der Waals surface area contributed by atoms with E-state index < -0.39 is 0 Å². The van der Waals surface area contributed by atoms with Crippen LogP contribution in [0.15, 0.2) is 29.2 Å². The zero-order valence-electron chi connectivity index (χ0n) is 10.8. The average molecular weight is 265 g/mol. The van der Waals surface area contributed by atoms with Crippen molar-refractivity contribution in [1.29, 1.82) is 0 Å². The average Bonchev–Trinajstić information content (AvgIpc) is 2.39. The van der Waals surface area contributed by atoms with Gasteiger partial charge in [0, 0.05) is 17.0 Å². The number of carbonyl (C=O) groups excluding carboxylic acids is 2. The third-order valence-corrected chi connectivity index (χ3v) is 3.60. The summed E-state index contributed by atoms with van der Waals surface area (Å²) in [5, 5.41) is 2.75. The summed E-state index contributed by atoms with van der Waals surface area (Å²) in [6.07, 6.45) is 2.89. The van der Waals surface area contributed by atoms with Gasteiger partial charge in [-0.2, -0.15) is 0 Å². The van der Waals surface area contributed by atoms with Crippen LogP contribution in [0.1, 0.15) is 37.0 Å². The fourth-order valence-electron chi connectivity index (χ4n) is 1.45.